The Bertz CT molecular complexity index is 146. The summed E-state index contributed by atoms with van der Waals surface area (Å²) in [5.41, 5.74) is 0. The maximum Gasteiger partial charge on any atom is 0.182 e. The molecule has 0 bridgehead atoms. The van der Waals surface area contributed by atoms with Crippen LogP contribution in [0.3, 0.4) is 0 Å². The van der Waals surface area contributed by atoms with Gasteiger partial charge in [0.15, 0.2) is 6.73 Å². The van der Waals surface area contributed by atoms with Gasteiger partial charge in [-0.15, -0.1) is 0 Å². The lowest BCUT2D eigenvalue weighted by atomic mass is 10.1. The molecule has 0 aromatic rings. The molecule has 0 saturated heterocycles. The molecule has 0 atom stereocenters. The predicted molar refractivity (Wildman–Crippen MR) is 71.5 cm³/mol. The summed E-state index contributed by atoms with van der Waals surface area (Å²) in [5, 5.41) is 0. The molecule has 98 valence electrons. The molecule has 0 saturated carbocycles. The zero-order chi connectivity index (χ0) is 12.3. The smallest absolute Gasteiger partial charge is 0.182 e. The van der Waals surface area contributed by atoms with Gasteiger partial charge < -0.3 is 9.22 Å². The summed E-state index contributed by atoms with van der Waals surface area (Å²) in [7, 11) is 4.53. The standard InChI is InChI=1S/C14H32NO/c1-5-7-8-9-10-11-12-15(3,4)14-16-13-6-2/h5-14H2,1-4H3/q+1. The first-order valence-corrected chi connectivity index (χ1v) is 7.02. The summed E-state index contributed by atoms with van der Waals surface area (Å²) >= 11 is 0. The SMILES string of the molecule is CCCCCCCC[N+](C)(C)COCCC. The lowest BCUT2D eigenvalue weighted by molar-refractivity contribution is -0.909. The van der Waals surface area contributed by atoms with Gasteiger partial charge in [0.05, 0.1) is 27.2 Å². The summed E-state index contributed by atoms with van der Waals surface area (Å²) < 4.78 is 6.62. The molecular formula is C14H32NO+. The molecule has 0 spiro atoms. The average molecular weight is 230 g/mol. The van der Waals surface area contributed by atoms with Crippen LogP contribution in [0.15, 0.2) is 0 Å². The van der Waals surface area contributed by atoms with Crippen molar-refractivity contribution in [1.29, 1.82) is 0 Å². The average Bonchev–Trinajstić information content (AvgIpc) is 2.23. The summed E-state index contributed by atoms with van der Waals surface area (Å²) in [6, 6.07) is 0. The van der Waals surface area contributed by atoms with Crippen molar-refractivity contribution in [1.82, 2.24) is 0 Å². The van der Waals surface area contributed by atoms with Gasteiger partial charge in [0, 0.05) is 0 Å². The zero-order valence-corrected chi connectivity index (χ0v) is 11.9. The van der Waals surface area contributed by atoms with Gasteiger partial charge in [-0.25, -0.2) is 0 Å². The van der Waals surface area contributed by atoms with E-state index in [9.17, 15) is 0 Å². The van der Waals surface area contributed by atoms with E-state index in [-0.39, 0.29) is 0 Å². The van der Waals surface area contributed by atoms with E-state index in [1.165, 1.54) is 45.1 Å². The first kappa shape index (κ1) is 15.9. The summed E-state index contributed by atoms with van der Waals surface area (Å²) in [6.45, 7) is 7.44. The summed E-state index contributed by atoms with van der Waals surface area (Å²) in [4.78, 5) is 0. The fourth-order valence-electron chi connectivity index (χ4n) is 1.84. The van der Waals surface area contributed by atoms with E-state index in [2.05, 4.69) is 27.9 Å². The molecule has 0 unspecified atom stereocenters. The van der Waals surface area contributed by atoms with Crippen molar-refractivity contribution in [3.8, 4) is 0 Å². The Morgan fingerprint density at radius 2 is 1.44 bits per heavy atom. The molecule has 0 aromatic carbocycles. The van der Waals surface area contributed by atoms with E-state index in [1.807, 2.05) is 0 Å². The highest BCUT2D eigenvalue weighted by Gasteiger charge is 2.13. The van der Waals surface area contributed by atoms with Crippen LogP contribution in [0.1, 0.15) is 58.8 Å². The zero-order valence-electron chi connectivity index (χ0n) is 11.9. The summed E-state index contributed by atoms with van der Waals surface area (Å²) in [5.74, 6) is 0. The highest BCUT2D eigenvalue weighted by atomic mass is 16.5. The molecule has 0 fully saturated rings. The number of ether oxygens (including phenoxy) is 1. The largest absolute Gasteiger partial charge is 0.332 e. The first-order chi connectivity index (χ1) is 7.62. The number of nitrogens with zero attached hydrogens (tertiary/aromatic N) is 1. The third-order valence-electron chi connectivity index (χ3n) is 2.91. The molecule has 16 heavy (non-hydrogen) atoms. The molecule has 0 rings (SSSR count). The molecule has 0 radical (unpaired) electrons. The molecular weight excluding hydrogens is 198 g/mol. The van der Waals surface area contributed by atoms with Crippen LogP contribution in [0, 0.1) is 0 Å². The lowest BCUT2D eigenvalue weighted by Gasteiger charge is -2.29. The Kier molecular flexibility index (Phi) is 10.0. The van der Waals surface area contributed by atoms with Gasteiger partial charge in [-0.1, -0.05) is 39.5 Å². The van der Waals surface area contributed by atoms with E-state index in [0.717, 1.165) is 24.2 Å². The molecule has 0 aromatic heterocycles. The second kappa shape index (κ2) is 10.1. The Morgan fingerprint density at radius 1 is 0.812 bits per heavy atom. The number of unbranched alkanes of at least 4 members (excludes halogenated alkanes) is 5. The van der Waals surface area contributed by atoms with Gasteiger partial charge in [0.25, 0.3) is 0 Å². The van der Waals surface area contributed by atoms with Crippen LogP contribution in [0.5, 0.6) is 0 Å². The molecule has 0 heterocycles. The van der Waals surface area contributed by atoms with Crippen LogP contribution in [0.2, 0.25) is 0 Å². The van der Waals surface area contributed by atoms with Crippen LogP contribution in [-0.4, -0.2) is 38.5 Å². The van der Waals surface area contributed by atoms with Crippen molar-refractivity contribution in [3.63, 3.8) is 0 Å². The van der Waals surface area contributed by atoms with Gasteiger partial charge in [0.2, 0.25) is 0 Å². The minimum atomic E-state index is 0.864. The Labute approximate surface area is 103 Å². The number of hydrogen-bond acceptors (Lipinski definition) is 1. The number of rotatable bonds is 11. The third-order valence-corrected chi connectivity index (χ3v) is 2.91. The van der Waals surface area contributed by atoms with Crippen LogP contribution in [-0.2, 0) is 4.74 Å². The van der Waals surface area contributed by atoms with Crippen molar-refractivity contribution >= 4 is 0 Å². The predicted octanol–water partition coefficient (Wildman–Crippen LogP) is 3.81. The quantitative estimate of drug-likeness (QED) is 0.298. The van der Waals surface area contributed by atoms with Gasteiger partial charge in [-0.05, 0) is 19.3 Å². The second-order valence-electron chi connectivity index (χ2n) is 5.46. The van der Waals surface area contributed by atoms with Crippen LogP contribution < -0.4 is 0 Å². The van der Waals surface area contributed by atoms with Gasteiger partial charge in [-0.2, -0.15) is 0 Å². The van der Waals surface area contributed by atoms with Crippen LogP contribution in [0.4, 0.5) is 0 Å². The molecule has 0 aliphatic rings. The van der Waals surface area contributed by atoms with Crippen LogP contribution >= 0.6 is 0 Å². The fraction of sp³-hybridized carbons (Fsp3) is 1.00. The molecule has 0 amide bonds. The minimum Gasteiger partial charge on any atom is -0.332 e. The highest BCUT2D eigenvalue weighted by Crippen LogP contribution is 2.08. The number of hydrogen-bond donors (Lipinski definition) is 0. The van der Waals surface area contributed by atoms with Gasteiger partial charge in [-0.3, -0.25) is 0 Å². The van der Waals surface area contributed by atoms with Gasteiger partial charge >= 0.3 is 0 Å². The first-order valence-electron chi connectivity index (χ1n) is 7.02. The van der Waals surface area contributed by atoms with E-state index in [4.69, 9.17) is 4.74 Å². The van der Waals surface area contributed by atoms with Crippen molar-refractivity contribution in [2.45, 2.75) is 58.8 Å². The number of quaternary nitrogens is 1. The molecule has 0 N–H and O–H groups in total. The fourth-order valence-corrected chi connectivity index (χ4v) is 1.84. The van der Waals surface area contributed by atoms with E-state index < -0.39 is 0 Å². The van der Waals surface area contributed by atoms with E-state index >= 15 is 0 Å². The maximum absolute atomic E-state index is 5.62. The highest BCUT2D eigenvalue weighted by molar-refractivity contribution is 4.43. The Morgan fingerprint density at radius 3 is 2.06 bits per heavy atom. The third kappa shape index (κ3) is 10.4. The molecule has 2 nitrogen and oxygen atoms in total. The van der Waals surface area contributed by atoms with E-state index in [1.54, 1.807) is 0 Å². The van der Waals surface area contributed by atoms with Crippen molar-refractivity contribution in [2.75, 3.05) is 34.0 Å². The van der Waals surface area contributed by atoms with Crippen LogP contribution in [0.25, 0.3) is 0 Å². The Balaban J connectivity index is 3.35. The van der Waals surface area contributed by atoms with E-state index in [0.29, 0.717) is 0 Å². The topological polar surface area (TPSA) is 9.23 Å². The summed E-state index contributed by atoms with van der Waals surface area (Å²) in [6.07, 6.45) is 9.41. The molecule has 2 heteroatoms. The second-order valence-corrected chi connectivity index (χ2v) is 5.46. The Hall–Kier alpha value is -0.0800. The van der Waals surface area contributed by atoms with Gasteiger partial charge in [0.1, 0.15) is 0 Å². The lowest BCUT2D eigenvalue weighted by Crippen LogP contribution is -2.42. The maximum atomic E-state index is 5.62. The van der Waals surface area contributed by atoms with Crippen molar-refractivity contribution in [3.05, 3.63) is 0 Å². The normalized spacial score (nSPS) is 12.0. The minimum absolute atomic E-state index is 0.864. The van der Waals surface area contributed by atoms with Crippen molar-refractivity contribution < 1.29 is 9.22 Å². The van der Waals surface area contributed by atoms with Crippen molar-refractivity contribution in [2.24, 2.45) is 0 Å². The molecule has 0 aliphatic carbocycles. The molecule has 0 aliphatic heterocycles. The monoisotopic (exact) mass is 230 g/mol.